The summed E-state index contributed by atoms with van der Waals surface area (Å²) in [5.41, 5.74) is 7.08. The molecule has 5 rings (SSSR count). The van der Waals surface area contributed by atoms with Gasteiger partial charge in [0.15, 0.2) is 0 Å². The van der Waals surface area contributed by atoms with Crippen LogP contribution in [0.15, 0.2) is 115 Å². The number of aromatic nitrogens is 1. The number of fused-ring (bicyclic) bond motifs is 1. The number of hydrogen-bond acceptors (Lipinski definition) is 5. The maximum absolute atomic E-state index is 14.4. The van der Waals surface area contributed by atoms with Crippen molar-refractivity contribution in [2.24, 2.45) is 11.8 Å². The molecule has 0 aliphatic carbocycles. The predicted molar refractivity (Wildman–Crippen MR) is 204 cm³/mol. The van der Waals surface area contributed by atoms with Crippen LogP contribution in [0.3, 0.4) is 0 Å². The smallest absolute Gasteiger partial charge is 0.247 e. The molecule has 1 aromatic heterocycles. The first-order valence-electron chi connectivity index (χ1n) is 18.2. The predicted octanol–water partition coefficient (Wildman–Crippen LogP) is 6.74. The van der Waals surface area contributed by atoms with E-state index in [1.807, 2.05) is 109 Å². The minimum absolute atomic E-state index is 0.263. The van der Waals surface area contributed by atoms with E-state index in [1.54, 1.807) is 7.11 Å². The number of aromatic amines is 1. The Morgan fingerprint density at radius 2 is 1.27 bits per heavy atom. The van der Waals surface area contributed by atoms with Crippen LogP contribution in [0.5, 0.6) is 5.75 Å². The first-order valence-corrected chi connectivity index (χ1v) is 18.2. The van der Waals surface area contributed by atoms with Crippen LogP contribution in [0.1, 0.15) is 54.4 Å². The fraction of sp³-hybridized carbons (Fsp3) is 0.326. The summed E-state index contributed by atoms with van der Waals surface area (Å²) in [4.78, 5) is 44.8. The number of ether oxygens (including phenoxy) is 1. The molecular formula is C43H50N4O5. The van der Waals surface area contributed by atoms with Gasteiger partial charge in [-0.1, -0.05) is 97.4 Å². The van der Waals surface area contributed by atoms with Crippen molar-refractivity contribution in [3.63, 3.8) is 0 Å². The molecular weight excluding hydrogens is 652 g/mol. The Morgan fingerprint density at radius 3 is 1.96 bits per heavy atom. The number of carbonyl (C=O) groups excluding carboxylic acids is 3. The lowest BCUT2D eigenvalue weighted by atomic mass is 9.82. The van der Waals surface area contributed by atoms with Crippen LogP contribution >= 0.6 is 0 Å². The molecule has 9 heteroatoms. The summed E-state index contributed by atoms with van der Waals surface area (Å²) in [5.74, 6) is -2.06. The number of aryl methyl sites for hydroxylation is 2. The second-order valence-electron chi connectivity index (χ2n) is 13.3. The normalized spacial score (nSPS) is 12.8. The highest BCUT2D eigenvalue weighted by molar-refractivity contribution is 5.92. The third-order valence-electron chi connectivity index (χ3n) is 9.77. The van der Waals surface area contributed by atoms with Crippen molar-refractivity contribution in [2.45, 2.75) is 63.8 Å². The van der Waals surface area contributed by atoms with Crippen LogP contribution in [0.4, 0.5) is 0 Å². The Bertz CT molecular complexity index is 1840. The summed E-state index contributed by atoms with van der Waals surface area (Å²) in [6.07, 6.45) is 7.27. The molecule has 9 nitrogen and oxygen atoms in total. The van der Waals surface area contributed by atoms with E-state index in [9.17, 15) is 19.6 Å². The number of H-pyrrole nitrogens is 1. The number of carbonyl (C=O) groups is 3. The molecule has 0 aliphatic rings. The van der Waals surface area contributed by atoms with Crippen molar-refractivity contribution in [3.8, 4) is 5.75 Å². The topological polar surface area (TPSA) is 133 Å². The van der Waals surface area contributed by atoms with Crippen molar-refractivity contribution in [1.29, 1.82) is 0 Å². The third kappa shape index (κ3) is 11.0. The molecule has 0 unspecified atom stereocenters. The third-order valence-corrected chi connectivity index (χ3v) is 9.77. The van der Waals surface area contributed by atoms with Gasteiger partial charge in [-0.3, -0.25) is 19.6 Å². The van der Waals surface area contributed by atoms with E-state index in [-0.39, 0.29) is 18.2 Å². The van der Waals surface area contributed by atoms with Gasteiger partial charge in [-0.25, -0.2) is 5.48 Å². The monoisotopic (exact) mass is 702 g/mol. The average molecular weight is 703 g/mol. The number of amides is 3. The second kappa shape index (κ2) is 19.8. The van der Waals surface area contributed by atoms with E-state index >= 15 is 0 Å². The molecule has 0 fully saturated rings. The number of methoxy groups -OCH3 is 1. The lowest BCUT2D eigenvalue weighted by Crippen LogP contribution is -2.52. The molecule has 0 saturated heterocycles. The van der Waals surface area contributed by atoms with Crippen LogP contribution in [-0.4, -0.2) is 47.6 Å². The van der Waals surface area contributed by atoms with E-state index in [0.717, 1.165) is 46.2 Å². The summed E-state index contributed by atoms with van der Waals surface area (Å²) in [5, 5.41) is 16.9. The van der Waals surface area contributed by atoms with Gasteiger partial charge >= 0.3 is 0 Å². The second-order valence-corrected chi connectivity index (χ2v) is 13.3. The summed E-state index contributed by atoms with van der Waals surface area (Å²) in [7, 11) is 1.62. The van der Waals surface area contributed by atoms with Crippen molar-refractivity contribution in [3.05, 3.63) is 138 Å². The fourth-order valence-corrected chi connectivity index (χ4v) is 6.88. The molecule has 5 aromatic rings. The van der Waals surface area contributed by atoms with Gasteiger partial charge in [-0.05, 0) is 85.4 Å². The van der Waals surface area contributed by atoms with E-state index in [4.69, 9.17) is 4.74 Å². The molecule has 3 atom stereocenters. The van der Waals surface area contributed by atoms with Crippen LogP contribution in [0, 0.1) is 11.8 Å². The standard InChI is InChI=1S/C43H50N4O5/c1-52-35-25-23-33(24-26-35)18-12-21-37(38(42(49)47-51)20-9-8-17-31-13-4-2-5-14-31)41(48)46-40(29-34-30-45-39-22-11-10-19-36(34)39)43(50)44-28-27-32-15-6-3-7-16-32/h2-7,10-11,13-16,19,22-26,30,37-38,40,45,51H,8-9,12,17-18,20-21,27-29H2,1H3,(H,44,50)(H,46,48)(H,47,49)/t37-,38+,40+/m0/s1. The minimum atomic E-state index is -0.887. The van der Waals surface area contributed by atoms with Crippen molar-refractivity contribution < 1.29 is 24.3 Å². The zero-order valence-corrected chi connectivity index (χ0v) is 29.9. The highest BCUT2D eigenvalue weighted by atomic mass is 16.5. The number of nitrogens with one attached hydrogen (secondary N) is 4. The van der Waals surface area contributed by atoms with Crippen LogP contribution in [0.25, 0.3) is 10.9 Å². The molecule has 0 bridgehead atoms. The summed E-state index contributed by atoms with van der Waals surface area (Å²) in [6.45, 7) is 0.408. The van der Waals surface area contributed by atoms with Gasteiger partial charge in [-0.15, -0.1) is 0 Å². The van der Waals surface area contributed by atoms with E-state index in [2.05, 4.69) is 27.8 Å². The van der Waals surface area contributed by atoms with Crippen molar-refractivity contribution in [1.82, 2.24) is 21.1 Å². The first kappa shape index (κ1) is 37.8. The molecule has 272 valence electrons. The van der Waals surface area contributed by atoms with Gasteiger partial charge in [-0.2, -0.15) is 0 Å². The average Bonchev–Trinajstić information content (AvgIpc) is 3.60. The highest BCUT2D eigenvalue weighted by Crippen LogP contribution is 2.27. The summed E-state index contributed by atoms with van der Waals surface area (Å²) in [6, 6.07) is 34.8. The number of benzene rings is 4. The maximum Gasteiger partial charge on any atom is 0.247 e. The Morgan fingerprint density at radius 1 is 0.673 bits per heavy atom. The maximum atomic E-state index is 14.4. The van der Waals surface area contributed by atoms with Gasteiger partial charge in [0.25, 0.3) is 0 Å². The minimum Gasteiger partial charge on any atom is -0.497 e. The first-order chi connectivity index (χ1) is 25.4. The fourth-order valence-electron chi connectivity index (χ4n) is 6.88. The molecule has 0 aliphatic heterocycles. The Balaban J connectivity index is 1.34. The lowest BCUT2D eigenvalue weighted by Gasteiger charge is -2.27. The van der Waals surface area contributed by atoms with Crippen molar-refractivity contribution >= 4 is 28.6 Å². The molecule has 52 heavy (non-hydrogen) atoms. The molecule has 5 N–H and O–H groups in total. The number of unbranched alkanes of at least 4 members (excludes halogenated alkanes) is 1. The molecule has 0 spiro atoms. The van der Waals surface area contributed by atoms with Gasteiger partial charge in [0, 0.05) is 36.0 Å². The number of hydrogen-bond donors (Lipinski definition) is 5. The Labute approximate surface area is 306 Å². The van der Waals surface area contributed by atoms with Gasteiger partial charge < -0.3 is 20.4 Å². The lowest BCUT2D eigenvalue weighted by molar-refractivity contribution is -0.141. The van der Waals surface area contributed by atoms with Crippen LogP contribution in [-0.2, 0) is 40.1 Å². The van der Waals surface area contributed by atoms with Crippen LogP contribution in [0.2, 0.25) is 0 Å². The van der Waals surface area contributed by atoms with E-state index < -0.39 is 23.8 Å². The zero-order chi connectivity index (χ0) is 36.5. The summed E-state index contributed by atoms with van der Waals surface area (Å²) >= 11 is 0. The van der Waals surface area contributed by atoms with E-state index in [0.29, 0.717) is 45.1 Å². The zero-order valence-electron chi connectivity index (χ0n) is 29.9. The summed E-state index contributed by atoms with van der Waals surface area (Å²) < 4.78 is 5.30. The number of rotatable bonds is 20. The highest BCUT2D eigenvalue weighted by Gasteiger charge is 2.35. The van der Waals surface area contributed by atoms with Gasteiger partial charge in [0.2, 0.25) is 17.7 Å². The van der Waals surface area contributed by atoms with E-state index in [1.165, 1.54) is 5.56 Å². The number of para-hydroxylation sites is 1. The SMILES string of the molecule is COc1ccc(CCC[C@H](C(=O)N[C@H](Cc2c[nH]c3ccccc23)C(=O)NCCc2ccccc2)[C@@H](CCCCc2ccccc2)C(=O)NO)cc1. The largest absolute Gasteiger partial charge is 0.497 e. The molecule has 3 amide bonds. The molecule has 1 heterocycles. The molecule has 0 radical (unpaired) electrons. The van der Waals surface area contributed by atoms with Crippen molar-refractivity contribution in [2.75, 3.05) is 13.7 Å². The van der Waals surface area contributed by atoms with Crippen LogP contribution < -0.4 is 20.9 Å². The Kier molecular flexibility index (Phi) is 14.4. The molecule has 4 aromatic carbocycles. The number of hydroxylamine groups is 1. The van der Waals surface area contributed by atoms with Gasteiger partial charge in [0.1, 0.15) is 11.8 Å². The van der Waals surface area contributed by atoms with Gasteiger partial charge in [0.05, 0.1) is 13.0 Å². The molecule has 0 saturated carbocycles. The quantitative estimate of drug-likeness (QED) is 0.0349. The Hall–Kier alpha value is -5.41.